The second-order valence-electron chi connectivity index (χ2n) is 2.99. The van der Waals surface area contributed by atoms with Crippen molar-refractivity contribution in [3.8, 4) is 11.8 Å². The van der Waals surface area contributed by atoms with Crippen LogP contribution in [0, 0.1) is 11.8 Å². The smallest absolute Gasteiger partial charge is 0.373 e. The van der Waals surface area contributed by atoms with Gasteiger partial charge in [-0.05, 0) is 0 Å². The molecule has 0 bridgehead atoms. The third-order valence-electron chi connectivity index (χ3n) is 1.61. The molecule has 0 atom stereocenters. The molecule has 88 valence electrons. The van der Waals surface area contributed by atoms with Crippen molar-refractivity contribution in [3.05, 3.63) is 23.8 Å². The Labute approximate surface area is 103 Å². The summed E-state index contributed by atoms with van der Waals surface area (Å²) in [7, 11) is 0. The molecule has 1 N–H and O–H groups in total. The Bertz CT molecular complexity index is 474. The molecule has 0 aliphatic rings. The Hall–Kier alpha value is -1.87. The molecule has 5 nitrogen and oxygen atoms in total. The van der Waals surface area contributed by atoms with Crippen molar-refractivity contribution >= 4 is 22.8 Å². The molecule has 0 aliphatic heterocycles. The maximum absolute atomic E-state index is 10.6. The van der Waals surface area contributed by atoms with E-state index in [1.54, 1.807) is 0 Å². The molecule has 0 spiro atoms. The minimum Gasteiger partial charge on any atom is -0.475 e. The number of hydrogen-bond donors (Lipinski definition) is 1. The highest BCUT2D eigenvalue weighted by molar-refractivity contribution is 8.13. The summed E-state index contributed by atoms with van der Waals surface area (Å²) in [5.41, 5.74) is 0.558. The summed E-state index contributed by atoms with van der Waals surface area (Å²) in [6.45, 7) is 1.51. The lowest BCUT2D eigenvalue weighted by atomic mass is 10.3. The van der Waals surface area contributed by atoms with Crippen LogP contribution < -0.4 is 0 Å². The van der Waals surface area contributed by atoms with Crippen molar-refractivity contribution in [2.24, 2.45) is 0 Å². The first-order valence-electron chi connectivity index (χ1n) is 4.77. The topological polar surface area (TPSA) is 80.2 Å². The molecule has 1 aromatic rings. The van der Waals surface area contributed by atoms with E-state index in [-0.39, 0.29) is 10.9 Å². The molecule has 0 amide bonds. The van der Waals surface area contributed by atoms with Gasteiger partial charge < -0.3 is 5.11 Å². The lowest BCUT2D eigenvalue weighted by molar-refractivity contribution is -0.109. The van der Waals surface area contributed by atoms with Crippen LogP contribution in [0.2, 0.25) is 0 Å². The van der Waals surface area contributed by atoms with E-state index in [0.717, 1.165) is 0 Å². The molecule has 0 unspecified atom stereocenters. The molecule has 17 heavy (non-hydrogen) atoms. The van der Waals surface area contributed by atoms with E-state index >= 15 is 0 Å². The van der Waals surface area contributed by atoms with E-state index in [9.17, 15) is 9.59 Å². The highest BCUT2D eigenvalue weighted by Crippen LogP contribution is 2.02. The predicted molar refractivity (Wildman–Crippen MR) is 63.6 cm³/mol. The Morgan fingerprint density at radius 2 is 2.06 bits per heavy atom. The van der Waals surface area contributed by atoms with E-state index < -0.39 is 5.97 Å². The fraction of sp³-hybridized carbons (Fsp3) is 0.273. The van der Waals surface area contributed by atoms with Crippen LogP contribution in [-0.4, -0.2) is 31.9 Å². The van der Waals surface area contributed by atoms with Crippen LogP contribution in [0.4, 0.5) is 0 Å². The second-order valence-corrected chi connectivity index (χ2v) is 4.26. The molecule has 0 saturated carbocycles. The number of hydrogen-bond acceptors (Lipinski definition) is 5. The van der Waals surface area contributed by atoms with Gasteiger partial charge in [0.2, 0.25) is 5.82 Å². The first-order chi connectivity index (χ1) is 8.09. The van der Waals surface area contributed by atoms with Crippen LogP contribution in [0.1, 0.15) is 29.5 Å². The predicted octanol–water partition coefficient (Wildman–Crippen LogP) is 1.20. The molecule has 1 rings (SSSR count). The summed E-state index contributed by atoms with van der Waals surface area (Å²) in [4.78, 5) is 28.4. The third-order valence-corrected chi connectivity index (χ3v) is 2.42. The first kappa shape index (κ1) is 13.2. The van der Waals surface area contributed by atoms with Crippen LogP contribution in [0.25, 0.3) is 0 Å². The molecule has 0 aromatic carbocycles. The third kappa shape index (κ3) is 5.13. The summed E-state index contributed by atoms with van der Waals surface area (Å²) in [6, 6.07) is 0. The van der Waals surface area contributed by atoms with Crippen molar-refractivity contribution in [2.75, 3.05) is 5.75 Å². The lowest BCUT2D eigenvalue weighted by Crippen LogP contribution is -2.03. The van der Waals surface area contributed by atoms with Gasteiger partial charge in [-0.1, -0.05) is 23.6 Å². The number of carboxylic acid groups (broad SMARTS) is 1. The van der Waals surface area contributed by atoms with Gasteiger partial charge in [-0.2, -0.15) is 0 Å². The Morgan fingerprint density at radius 1 is 1.41 bits per heavy atom. The zero-order valence-electron chi connectivity index (χ0n) is 9.14. The second kappa shape index (κ2) is 6.66. The van der Waals surface area contributed by atoms with Crippen LogP contribution in [0.15, 0.2) is 12.4 Å². The Morgan fingerprint density at radius 3 is 2.59 bits per heavy atom. The van der Waals surface area contributed by atoms with Gasteiger partial charge in [0.15, 0.2) is 5.12 Å². The summed E-state index contributed by atoms with van der Waals surface area (Å²) >= 11 is 1.22. The van der Waals surface area contributed by atoms with E-state index in [0.29, 0.717) is 17.7 Å². The van der Waals surface area contributed by atoms with Crippen LogP contribution in [0.5, 0.6) is 0 Å². The molecular weight excluding hydrogens is 240 g/mol. The normalized spacial score (nSPS) is 9.24. The van der Waals surface area contributed by atoms with Gasteiger partial charge >= 0.3 is 5.97 Å². The average molecular weight is 250 g/mol. The summed E-state index contributed by atoms with van der Waals surface area (Å²) in [5.74, 6) is 4.88. The fourth-order valence-electron chi connectivity index (χ4n) is 0.913. The van der Waals surface area contributed by atoms with E-state index in [2.05, 4.69) is 21.8 Å². The van der Waals surface area contributed by atoms with Crippen molar-refractivity contribution in [1.29, 1.82) is 0 Å². The molecule has 0 fully saturated rings. The van der Waals surface area contributed by atoms with Gasteiger partial charge in [0.1, 0.15) is 0 Å². The quantitative estimate of drug-likeness (QED) is 0.641. The minimum atomic E-state index is -1.16. The van der Waals surface area contributed by atoms with Gasteiger partial charge in [-0.15, -0.1) is 0 Å². The number of carboxylic acids is 1. The molecular formula is C11H10N2O3S. The minimum absolute atomic E-state index is 0.0703. The van der Waals surface area contributed by atoms with Crippen molar-refractivity contribution in [2.45, 2.75) is 13.3 Å². The highest BCUT2D eigenvalue weighted by Gasteiger charge is 2.04. The fourth-order valence-corrected chi connectivity index (χ4v) is 1.40. The van der Waals surface area contributed by atoms with E-state index in [1.165, 1.54) is 31.1 Å². The van der Waals surface area contributed by atoms with Crippen LogP contribution in [0.3, 0.4) is 0 Å². The molecule has 1 heterocycles. The number of aromatic carboxylic acids is 1. The van der Waals surface area contributed by atoms with Gasteiger partial charge in [0.05, 0.1) is 5.56 Å². The summed E-state index contributed by atoms with van der Waals surface area (Å²) < 4.78 is 0. The van der Waals surface area contributed by atoms with E-state index in [1.807, 2.05) is 0 Å². The zero-order chi connectivity index (χ0) is 12.7. The largest absolute Gasteiger partial charge is 0.475 e. The average Bonchev–Trinajstić information content (AvgIpc) is 2.29. The summed E-state index contributed by atoms with van der Waals surface area (Å²) in [6.07, 6.45) is 3.31. The van der Waals surface area contributed by atoms with E-state index in [4.69, 9.17) is 5.11 Å². The maximum atomic E-state index is 10.6. The highest BCUT2D eigenvalue weighted by atomic mass is 32.2. The van der Waals surface area contributed by atoms with Gasteiger partial charge in [0.25, 0.3) is 0 Å². The number of carbonyl (C=O) groups excluding carboxylic acids is 1. The van der Waals surface area contributed by atoms with Gasteiger partial charge in [0, 0.05) is 31.5 Å². The van der Waals surface area contributed by atoms with Crippen molar-refractivity contribution in [1.82, 2.24) is 9.97 Å². The standard InChI is InChI=1S/C11H10N2O3S/c1-8(14)17-5-3-2-4-9-6-12-10(11(15)16)13-7-9/h6-7H,3,5H2,1H3,(H,15,16). The zero-order valence-corrected chi connectivity index (χ0v) is 9.95. The molecule has 1 aromatic heterocycles. The number of rotatable bonds is 3. The Kier molecular flexibility index (Phi) is 5.17. The first-order valence-corrected chi connectivity index (χ1v) is 5.75. The number of nitrogens with zero attached hydrogens (tertiary/aromatic N) is 2. The maximum Gasteiger partial charge on any atom is 0.373 e. The summed E-state index contributed by atoms with van der Waals surface area (Å²) in [5, 5.41) is 8.65. The van der Waals surface area contributed by atoms with Gasteiger partial charge in [-0.25, -0.2) is 14.8 Å². The number of thioether (sulfide) groups is 1. The molecule has 6 heteroatoms. The monoisotopic (exact) mass is 250 g/mol. The Balaban J connectivity index is 2.49. The van der Waals surface area contributed by atoms with Crippen LogP contribution in [-0.2, 0) is 4.79 Å². The van der Waals surface area contributed by atoms with Crippen LogP contribution >= 0.6 is 11.8 Å². The molecule has 0 radical (unpaired) electrons. The van der Waals surface area contributed by atoms with Crippen molar-refractivity contribution < 1.29 is 14.7 Å². The van der Waals surface area contributed by atoms with Gasteiger partial charge in [-0.3, -0.25) is 4.79 Å². The molecule has 0 aliphatic carbocycles. The lowest BCUT2D eigenvalue weighted by Gasteiger charge is -1.92. The number of carbonyl (C=O) groups is 2. The molecule has 0 saturated heterocycles. The SMILES string of the molecule is CC(=O)SCCC#Cc1cnc(C(=O)O)nc1. The number of aromatic nitrogens is 2. The van der Waals surface area contributed by atoms with Crippen molar-refractivity contribution in [3.63, 3.8) is 0 Å².